The second kappa shape index (κ2) is 7.42. The van der Waals surface area contributed by atoms with Crippen LogP contribution in [0.25, 0.3) is 0 Å². The first-order valence-corrected chi connectivity index (χ1v) is 8.78. The Hall–Kier alpha value is -0.860. The Morgan fingerprint density at radius 2 is 2.10 bits per heavy atom. The average molecular weight is 287 g/mol. The fourth-order valence-electron chi connectivity index (χ4n) is 4.07. The van der Waals surface area contributed by atoms with E-state index in [9.17, 15) is 0 Å². The molecule has 2 aliphatic rings. The van der Waals surface area contributed by atoms with Gasteiger partial charge in [0.25, 0.3) is 0 Å². The summed E-state index contributed by atoms with van der Waals surface area (Å²) in [4.78, 5) is 0. The zero-order valence-electron chi connectivity index (χ0n) is 13.3. The molecule has 1 aromatic carbocycles. The van der Waals surface area contributed by atoms with E-state index in [-0.39, 0.29) is 0 Å². The van der Waals surface area contributed by atoms with Gasteiger partial charge in [0.15, 0.2) is 0 Å². The quantitative estimate of drug-likeness (QED) is 0.861. The van der Waals surface area contributed by atoms with Crippen molar-refractivity contribution in [3.8, 4) is 0 Å². The van der Waals surface area contributed by atoms with Crippen LogP contribution < -0.4 is 5.32 Å². The summed E-state index contributed by atoms with van der Waals surface area (Å²) in [6, 6.07) is 9.66. The number of nitrogens with one attached hydrogen (secondary N) is 1. The van der Waals surface area contributed by atoms with E-state index in [1.165, 1.54) is 44.9 Å². The molecule has 1 N–H and O–H groups in total. The number of aryl methyl sites for hydroxylation is 1. The van der Waals surface area contributed by atoms with E-state index < -0.39 is 0 Å². The number of benzene rings is 1. The number of fused-ring (bicyclic) bond motifs is 1. The third-order valence-electron chi connectivity index (χ3n) is 5.24. The van der Waals surface area contributed by atoms with E-state index in [4.69, 9.17) is 4.74 Å². The van der Waals surface area contributed by atoms with Gasteiger partial charge in [0.2, 0.25) is 0 Å². The second-order valence-corrected chi connectivity index (χ2v) is 6.65. The smallest absolute Gasteiger partial charge is 0.0576 e. The van der Waals surface area contributed by atoms with Gasteiger partial charge in [-0.2, -0.15) is 0 Å². The number of ether oxygens (including phenoxy) is 1. The lowest BCUT2D eigenvalue weighted by Gasteiger charge is -2.32. The van der Waals surface area contributed by atoms with Crippen molar-refractivity contribution >= 4 is 0 Å². The molecule has 2 nitrogen and oxygen atoms in total. The predicted octanol–water partition coefficient (Wildman–Crippen LogP) is 3.73. The third kappa shape index (κ3) is 3.87. The highest BCUT2D eigenvalue weighted by molar-refractivity contribution is 5.30. The molecule has 2 heteroatoms. The molecule has 0 spiro atoms. The highest BCUT2D eigenvalue weighted by Gasteiger charge is 2.27. The highest BCUT2D eigenvalue weighted by atomic mass is 16.5. The van der Waals surface area contributed by atoms with E-state index in [2.05, 4.69) is 36.5 Å². The molecule has 0 amide bonds. The van der Waals surface area contributed by atoms with Gasteiger partial charge in [0.05, 0.1) is 6.10 Å². The molecule has 1 heterocycles. The molecule has 3 rings (SSSR count). The summed E-state index contributed by atoms with van der Waals surface area (Å²) in [7, 11) is 0. The second-order valence-electron chi connectivity index (χ2n) is 6.65. The van der Waals surface area contributed by atoms with Crippen LogP contribution in [0.3, 0.4) is 0 Å². The molecule has 0 bridgehead atoms. The van der Waals surface area contributed by atoms with Crippen molar-refractivity contribution in [2.75, 3.05) is 13.2 Å². The third-order valence-corrected chi connectivity index (χ3v) is 5.24. The maximum absolute atomic E-state index is 5.80. The summed E-state index contributed by atoms with van der Waals surface area (Å²) in [5, 5.41) is 3.75. The van der Waals surface area contributed by atoms with Crippen molar-refractivity contribution in [3.05, 3.63) is 35.4 Å². The topological polar surface area (TPSA) is 21.3 Å². The van der Waals surface area contributed by atoms with E-state index in [0.717, 1.165) is 19.1 Å². The minimum absolute atomic E-state index is 0.530. The summed E-state index contributed by atoms with van der Waals surface area (Å²) < 4.78 is 5.80. The van der Waals surface area contributed by atoms with Gasteiger partial charge >= 0.3 is 0 Å². The fourth-order valence-corrected chi connectivity index (χ4v) is 4.07. The van der Waals surface area contributed by atoms with Crippen LogP contribution in [0, 0.1) is 5.92 Å². The van der Waals surface area contributed by atoms with Crippen LogP contribution in [-0.4, -0.2) is 25.3 Å². The van der Waals surface area contributed by atoms with Gasteiger partial charge in [0.1, 0.15) is 0 Å². The summed E-state index contributed by atoms with van der Waals surface area (Å²) in [6.07, 6.45) is 9.39. The summed E-state index contributed by atoms with van der Waals surface area (Å²) in [5.74, 6) is 0.793. The Labute approximate surface area is 129 Å². The van der Waals surface area contributed by atoms with E-state index in [1.54, 1.807) is 11.1 Å². The molecule has 1 aromatic rings. The minimum Gasteiger partial charge on any atom is -0.378 e. The van der Waals surface area contributed by atoms with Crippen molar-refractivity contribution in [2.24, 2.45) is 5.92 Å². The van der Waals surface area contributed by atoms with Crippen LogP contribution in [0.1, 0.15) is 50.2 Å². The number of rotatable bonds is 6. The van der Waals surface area contributed by atoms with Crippen molar-refractivity contribution in [1.29, 1.82) is 0 Å². The van der Waals surface area contributed by atoms with Gasteiger partial charge in [-0.3, -0.25) is 0 Å². The molecule has 116 valence electrons. The standard InChI is InChI=1S/C19H29NO/c1-2-20-19(12-11-18-8-5-13-21-18)17-10-9-15-6-3-4-7-16(15)14-17/h3-4,6-7,17-20H,2,5,8-14H2,1H3. The first-order chi connectivity index (χ1) is 10.4. The van der Waals surface area contributed by atoms with Gasteiger partial charge < -0.3 is 10.1 Å². The predicted molar refractivity (Wildman–Crippen MR) is 87.6 cm³/mol. The Balaban J connectivity index is 1.58. The van der Waals surface area contributed by atoms with Gasteiger partial charge in [0, 0.05) is 12.6 Å². The Bertz CT molecular complexity index is 439. The van der Waals surface area contributed by atoms with Crippen LogP contribution in [0.2, 0.25) is 0 Å². The zero-order chi connectivity index (χ0) is 14.5. The summed E-state index contributed by atoms with van der Waals surface area (Å²) in [5.41, 5.74) is 3.15. The molecule has 1 aliphatic heterocycles. The SMILES string of the molecule is CCNC(CCC1CCCO1)C1CCc2ccccc2C1. The van der Waals surface area contributed by atoms with E-state index in [0.29, 0.717) is 12.1 Å². The Morgan fingerprint density at radius 3 is 2.86 bits per heavy atom. The number of hydrogen-bond acceptors (Lipinski definition) is 2. The van der Waals surface area contributed by atoms with Crippen molar-refractivity contribution in [1.82, 2.24) is 5.32 Å². The van der Waals surface area contributed by atoms with E-state index >= 15 is 0 Å². The van der Waals surface area contributed by atoms with Crippen molar-refractivity contribution < 1.29 is 4.74 Å². The molecular formula is C19H29NO. The Morgan fingerprint density at radius 1 is 1.24 bits per heavy atom. The normalized spacial score (nSPS) is 26.5. The molecule has 3 atom stereocenters. The summed E-state index contributed by atoms with van der Waals surface area (Å²) >= 11 is 0. The van der Waals surface area contributed by atoms with Gasteiger partial charge in [-0.25, -0.2) is 0 Å². The van der Waals surface area contributed by atoms with Gasteiger partial charge in [-0.1, -0.05) is 31.2 Å². The highest BCUT2D eigenvalue weighted by Crippen LogP contribution is 2.30. The first kappa shape index (κ1) is 15.1. The maximum Gasteiger partial charge on any atom is 0.0576 e. The van der Waals surface area contributed by atoms with Gasteiger partial charge in [-0.05, 0) is 68.5 Å². The van der Waals surface area contributed by atoms with Crippen molar-refractivity contribution in [2.45, 2.75) is 64.0 Å². The molecular weight excluding hydrogens is 258 g/mol. The van der Waals surface area contributed by atoms with Crippen LogP contribution in [-0.2, 0) is 17.6 Å². The average Bonchev–Trinajstić information content (AvgIpc) is 3.04. The molecule has 1 saturated heterocycles. The lowest BCUT2D eigenvalue weighted by molar-refractivity contribution is 0.0966. The zero-order valence-corrected chi connectivity index (χ0v) is 13.3. The van der Waals surface area contributed by atoms with Crippen molar-refractivity contribution in [3.63, 3.8) is 0 Å². The largest absolute Gasteiger partial charge is 0.378 e. The molecule has 0 radical (unpaired) electrons. The van der Waals surface area contributed by atoms with Crippen LogP contribution >= 0.6 is 0 Å². The first-order valence-electron chi connectivity index (χ1n) is 8.78. The molecule has 0 saturated carbocycles. The van der Waals surface area contributed by atoms with E-state index in [1.807, 2.05) is 0 Å². The van der Waals surface area contributed by atoms with Gasteiger partial charge in [-0.15, -0.1) is 0 Å². The lowest BCUT2D eigenvalue weighted by Crippen LogP contribution is -2.39. The molecule has 21 heavy (non-hydrogen) atoms. The van der Waals surface area contributed by atoms with Crippen LogP contribution in [0.4, 0.5) is 0 Å². The monoisotopic (exact) mass is 287 g/mol. The molecule has 1 aliphatic carbocycles. The molecule has 1 fully saturated rings. The molecule has 3 unspecified atom stereocenters. The fraction of sp³-hybridized carbons (Fsp3) is 0.684. The van der Waals surface area contributed by atoms with Crippen LogP contribution in [0.5, 0.6) is 0 Å². The number of hydrogen-bond donors (Lipinski definition) is 1. The van der Waals surface area contributed by atoms with Crippen LogP contribution in [0.15, 0.2) is 24.3 Å². The summed E-state index contributed by atoms with van der Waals surface area (Å²) in [6.45, 7) is 4.29. The Kier molecular flexibility index (Phi) is 5.32. The lowest BCUT2D eigenvalue weighted by atomic mass is 9.78. The minimum atomic E-state index is 0.530. The molecule has 0 aromatic heterocycles. The maximum atomic E-state index is 5.80.